The summed E-state index contributed by atoms with van der Waals surface area (Å²) < 4.78 is 24.5. The number of rotatable bonds is 4. The van der Waals surface area contributed by atoms with Crippen LogP contribution in [0.1, 0.15) is 25.7 Å². The standard InChI is InChI=1S/C13H26N4O2S/c1-14-13(15-7-8-16-20(2,18)19)17-9-11-5-3-4-6-12(11)10-17/h11-12,16H,3-10H2,1-2H3,(H,14,15). The molecule has 0 aromatic heterocycles. The van der Waals surface area contributed by atoms with Gasteiger partial charge in [0.1, 0.15) is 0 Å². The Balaban J connectivity index is 1.78. The number of nitrogens with one attached hydrogen (secondary N) is 2. The Hall–Kier alpha value is -0.820. The largest absolute Gasteiger partial charge is 0.355 e. The van der Waals surface area contributed by atoms with Crippen molar-refractivity contribution in [3.63, 3.8) is 0 Å². The van der Waals surface area contributed by atoms with Gasteiger partial charge in [-0.25, -0.2) is 13.1 Å². The molecule has 0 spiro atoms. The zero-order chi connectivity index (χ0) is 14.6. The lowest BCUT2D eigenvalue weighted by molar-refractivity contribution is 0.299. The molecule has 0 bridgehead atoms. The van der Waals surface area contributed by atoms with Gasteiger partial charge in [-0.2, -0.15) is 0 Å². The Morgan fingerprint density at radius 2 is 1.80 bits per heavy atom. The summed E-state index contributed by atoms with van der Waals surface area (Å²) in [6.07, 6.45) is 6.58. The Morgan fingerprint density at radius 1 is 1.20 bits per heavy atom. The first-order chi connectivity index (χ1) is 9.49. The average molecular weight is 302 g/mol. The number of nitrogens with zero attached hydrogens (tertiary/aromatic N) is 2. The summed E-state index contributed by atoms with van der Waals surface area (Å²) in [4.78, 5) is 6.64. The van der Waals surface area contributed by atoms with E-state index in [4.69, 9.17) is 0 Å². The molecule has 0 amide bonds. The fourth-order valence-corrected chi connectivity index (χ4v) is 3.79. The third-order valence-electron chi connectivity index (χ3n) is 4.26. The number of likely N-dealkylation sites (tertiary alicyclic amines) is 1. The van der Waals surface area contributed by atoms with Gasteiger partial charge in [-0.3, -0.25) is 4.99 Å². The van der Waals surface area contributed by atoms with Crippen molar-refractivity contribution in [2.24, 2.45) is 16.8 Å². The van der Waals surface area contributed by atoms with Gasteiger partial charge in [0.2, 0.25) is 10.0 Å². The van der Waals surface area contributed by atoms with Gasteiger partial charge >= 0.3 is 0 Å². The van der Waals surface area contributed by atoms with E-state index in [0.29, 0.717) is 13.1 Å². The van der Waals surface area contributed by atoms with E-state index >= 15 is 0 Å². The maximum absolute atomic E-state index is 11.0. The molecule has 1 saturated carbocycles. The monoisotopic (exact) mass is 302 g/mol. The molecule has 2 N–H and O–H groups in total. The Kier molecular flexibility index (Phi) is 5.26. The fourth-order valence-electron chi connectivity index (χ4n) is 3.32. The molecule has 7 heteroatoms. The molecule has 0 aromatic carbocycles. The van der Waals surface area contributed by atoms with Crippen molar-refractivity contribution in [1.82, 2.24) is 14.9 Å². The van der Waals surface area contributed by atoms with Crippen molar-refractivity contribution in [1.29, 1.82) is 0 Å². The van der Waals surface area contributed by atoms with Crippen molar-refractivity contribution < 1.29 is 8.42 Å². The van der Waals surface area contributed by atoms with E-state index in [9.17, 15) is 8.42 Å². The average Bonchev–Trinajstić information content (AvgIpc) is 2.81. The molecule has 2 unspecified atom stereocenters. The van der Waals surface area contributed by atoms with Crippen molar-refractivity contribution in [2.75, 3.05) is 39.5 Å². The summed E-state index contributed by atoms with van der Waals surface area (Å²) in [7, 11) is -1.32. The predicted molar refractivity (Wildman–Crippen MR) is 81.2 cm³/mol. The minimum Gasteiger partial charge on any atom is -0.355 e. The van der Waals surface area contributed by atoms with Crippen LogP contribution in [0.5, 0.6) is 0 Å². The summed E-state index contributed by atoms with van der Waals surface area (Å²) in [6, 6.07) is 0. The maximum Gasteiger partial charge on any atom is 0.208 e. The molecule has 0 radical (unpaired) electrons. The topological polar surface area (TPSA) is 73.8 Å². The first kappa shape index (κ1) is 15.6. The van der Waals surface area contributed by atoms with Gasteiger partial charge in [0.05, 0.1) is 6.26 Å². The molecule has 1 aliphatic carbocycles. The molecule has 2 aliphatic rings. The highest BCUT2D eigenvalue weighted by atomic mass is 32.2. The summed E-state index contributed by atoms with van der Waals surface area (Å²) >= 11 is 0. The smallest absolute Gasteiger partial charge is 0.208 e. The van der Waals surface area contributed by atoms with Gasteiger partial charge in [0, 0.05) is 33.2 Å². The summed E-state index contributed by atoms with van der Waals surface area (Å²) in [5, 5.41) is 3.24. The van der Waals surface area contributed by atoms with Gasteiger partial charge in [-0.1, -0.05) is 12.8 Å². The Bertz CT molecular complexity index is 435. The minimum absolute atomic E-state index is 0.387. The van der Waals surface area contributed by atoms with Crippen LogP contribution < -0.4 is 10.0 Å². The van der Waals surface area contributed by atoms with Crippen LogP contribution in [-0.2, 0) is 10.0 Å². The third kappa shape index (κ3) is 4.34. The molecule has 1 heterocycles. The summed E-state index contributed by atoms with van der Waals surface area (Å²) in [6.45, 7) is 3.12. The molecule has 0 aromatic rings. The van der Waals surface area contributed by atoms with E-state index in [1.54, 1.807) is 7.05 Å². The third-order valence-corrected chi connectivity index (χ3v) is 4.99. The van der Waals surface area contributed by atoms with E-state index in [0.717, 1.165) is 30.9 Å². The number of guanidine groups is 1. The van der Waals surface area contributed by atoms with Gasteiger partial charge in [0.15, 0.2) is 5.96 Å². The number of sulfonamides is 1. The van der Waals surface area contributed by atoms with E-state index in [1.165, 1.54) is 31.9 Å². The number of hydrogen-bond acceptors (Lipinski definition) is 3. The molecule has 2 atom stereocenters. The van der Waals surface area contributed by atoms with Crippen LogP contribution >= 0.6 is 0 Å². The second kappa shape index (κ2) is 6.76. The molecule has 6 nitrogen and oxygen atoms in total. The first-order valence-electron chi connectivity index (χ1n) is 7.40. The van der Waals surface area contributed by atoms with Gasteiger partial charge < -0.3 is 10.2 Å². The van der Waals surface area contributed by atoms with E-state index in [2.05, 4.69) is 19.9 Å². The van der Waals surface area contributed by atoms with Gasteiger partial charge in [-0.05, 0) is 24.7 Å². The lowest BCUT2D eigenvalue weighted by atomic mass is 9.82. The van der Waals surface area contributed by atoms with Crippen molar-refractivity contribution in [2.45, 2.75) is 25.7 Å². The molecule has 1 saturated heterocycles. The van der Waals surface area contributed by atoms with Crippen molar-refractivity contribution in [3.05, 3.63) is 0 Å². The summed E-state index contributed by atoms with van der Waals surface area (Å²) in [5.74, 6) is 2.53. The molecule has 1 aliphatic heterocycles. The van der Waals surface area contributed by atoms with E-state index in [1.807, 2.05) is 0 Å². The molecule has 2 fully saturated rings. The normalized spacial score (nSPS) is 27.5. The van der Waals surface area contributed by atoms with Gasteiger partial charge in [-0.15, -0.1) is 0 Å². The van der Waals surface area contributed by atoms with Crippen molar-refractivity contribution in [3.8, 4) is 0 Å². The van der Waals surface area contributed by atoms with Crippen LogP contribution in [0.25, 0.3) is 0 Å². The Morgan fingerprint density at radius 3 is 2.30 bits per heavy atom. The lowest BCUT2D eigenvalue weighted by Gasteiger charge is -2.22. The zero-order valence-corrected chi connectivity index (χ0v) is 13.2. The summed E-state index contributed by atoms with van der Waals surface area (Å²) in [5.41, 5.74) is 0. The fraction of sp³-hybridized carbons (Fsp3) is 0.923. The number of aliphatic imine (C=N–C) groups is 1. The highest BCUT2D eigenvalue weighted by molar-refractivity contribution is 7.88. The minimum atomic E-state index is -3.11. The zero-order valence-electron chi connectivity index (χ0n) is 12.4. The molecule has 20 heavy (non-hydrogen) atoms. The quantitative estimate of drug-likeness (QED) is 0.443. The van der Waals surface area contributed by atoms with Crippen LogP contribution in [0.2, 0.25) is 0 Å². The SMILES string of the molecule is CN=C(NCCNS(C)(=O)=O)N1CC2CCCCC2C1. The highest BCUT2D eigenvalue weighted by Crippen LogP contribution is 2.35. The molecular formula is C13H26N4O2S. The van der Waals surface area contributed by atoms with Crippen molar-refractivity contribution >= 4 is 16.0 Å². The maximum atomic E-state index is 11.0. The first-order valence-corrected chi connectivity index (χ1v) is 9.29. The van der Waals surface area contributed by atoms with Crippen LogP contribution in [0, 0.1) is 11.8 Å². The van der Waals surface area contributed by atoms with Gasteiger partial charge in [0.25, 0.3) is 0 Å². The van der Waals surface area contributed by atoms with E-state index < -0.39 is 10.0 Å². The van der Waals surface area contributed by atoms with Crippen LogP contribution in [0.3, 0.4) is 0 Å². The van der Waals surface area contributed by atoms with Crippen LogP contribution in [0.15, 0.2) is 4.99 Å². The van der Waals surface area contributed by atoms with E-state index in [-0.39, 0.29) is 0 Å². The number of hydrogen-bond donors (Lipinski definition) is 2. The second-order valence-electron chi connectivity index (χ2n) is 5.85. The lowest BCUT2D eigenvalue weighted by Crippen LogP contribution is -2.43. The second-order valence-corrected chi connectivity index (χ2v) is 7.68. The van der Waals surface area contributed by atoms with Crippen LogP contribution in [0.4, 0.5) is 0 Å². The highest BCUT2D eigenvalue weighted by Gasteiger charge is 2.35. The number of fused-ring (bicyclic) bond motifs is 1. The molecular weight excluding hydrogens is 276 g/mol. The molecule has 2 rings (SSSR count). The predicted octanol–water partition coefficient (Wildman–Crippen LogP) is 0.233. The Labute approximate surface area is 122 Å². The van der Waals surface area contributed by atoms with Crippen LogP contribution in [-0.4, -0.2) is 58.8 Å². The molecule has 116 valence electrons.